The van der Waals surface area contributed by atoms with Gasteiger partial charge in [0.2, 0.25) is 5.91 Å². The van der Waals surface area contributed by atoms with Crippen molar-refractivity contribution in [3.05, 3.63) is 30.3 Å². The number of benzene rings is 1. The number of hydrogen-bond donors (Lipinski definition) is 2. The van der Waals surface area contributed by atoms with Crippen molar-refractivity contribution in [1.82, 2.24) is 5.32 Å². The van der Waals surface area contributed by atoms with Crippen LogP contribution in [-0.4, -0.2) is 18.5 Å². The maximum absolute atomic E-state index is 11.9. The van der Waals surface area contributed by atoms with E-state index in [1.807, 2.05) is 37.3 Å². The molecule has 1 amide bonds. The van der Waals surface area contributed by atoms with E-state index in [0.29, 0.717) is 0 Å². The van der Waals surface area contributed by atoms with Gasteiger partial charge in [-0.15, -0.1) is 0 Å². The predicted octanol–water partition coefficient (Wildman–Crippen LogP) is 2.26. The Labute approximate surface area is 103 Å². The third-order valence-electron chi connectivity index (χ3n) is 3.40. The molecule has 0 aliphatic heterocycles. The minimum Gasteiger partial charge on any atom is -0.325 e. The molecule has 2 rings (SSSR count). The van der Waals surface area contributed by atoms with Crippen molar-refractivity contribution >= 4 is 11.6 Å². The fourth-order valence-corrected chi connectivity index (χ4v) is 1.88. The average Bonchev–Trinajstić information content (AvgIpc) is 3.03. The number of hydrogen-bond acceptors (Lipinski definition) is 2. The molecule has 1 aliphatic rings. The van der Waals surface area contributed by atoms with Crippen LogP contribution in [0.15, 0.2) is 30.3 Å². The lowest BCUT2D eigenvalue weighted by Gasteiger charge is -2.13. The number of carbonyl (C=O) groups excluding carboxylic acids is 1. The molecule has 0 aromatic heterocycles. The first kappa shape index (κ1) is 12.1. The maximum Gasteiger partial charge on any atom is 0.241 e. The molecular weight excluding hydrogens is 212 g/mol. The van der Waals surface area contributed by atoms with Crippen molar-refractivity contribution < 1.29 is 4.79 Å². The van der Waals surface area contributed by atoms with Crippen LogP contribution >= 0.6 is 0 Å². The first-order valence-corrected chi connectivity index (χ1v) is 6.26. The largest absolute Gasteiger partial charge is 0.325 e. The van der Waals surface area contributed by atoms with Crippen LogP contribution in [0.1, 0.15) is 20.3 Å². The predicted molar refractivity (Wildman–Crippen MR) is 69.8 cm³/mol. The highest BCUT2D eigenvalue weighted by Crippen LogP contribution is 2.36. The van der Waals surface area contributed by atoms with Crippen LogP contribution in [0.25, 0.3) is 0 Å². The lowest BCUT2D eigenvalue weighted by atomic mass is 10.2. The molecule has 1 aromatic rings. The standard InChI is InChI=1S/C14H20N2O/c1-10-8-12(10)9-15-11(2)14(17)16-13-6-4-3-5-7-13/h3-7,10-12,15H,8-9H2,1-2H3,(H,16,17). The van der Waals surface area contributed by atoms with Gasteiger partial charge in [0.15, 0.2) is 0 Å². The van der Waals surface area contributed by atoms with Gasteiger partial charge in [-0.25, -0.2) is 0 Å². The molecule has 3 atom stereocenters. The summed E-state index contributed by atoms with van der Waals surface area (Å²) in [6.07, 6.45) is 1.29. The molecule has 1 saturated carbocycles. The van der Waals surface area contributed by atoms with Gasteiger partial charge < -0.3 is 10.6 Å². The van der Waals surface area contributed by atoms with Crippen molar-refractivity contribution in [2.24, 2.45) is 11.8 Å². The van der Waals surface area contributed by atoms with Crippen LogP contribution < -0.4 is 10.6 Å². The van der Waals surface area contributed by atoms with Crippen molar-refractivity contribution in [2.75, 3.05) is 11.9 Å². The number of anilines is 1. The number of rotatable bonds is 5. The van der Waals surface area contributed by atoms with Gasteiger partial charge in [0.1, 0.15) is 0 Å². The molecule has 3 heteroatoms. The maximum atomic E-state index is 11.9. The van der Waals surface area contributed by atoms with E-state index in [0.717, 1.165) is 24.1 Å². The molecule has 1 fully saturated rings. The fourth-order valence-electron chi connectivity index (χ4n) is 1.88. The molecule has 0 spiro atoms. The first-order valence-electron chi connectivity index (χ1n) is 6.26. The summed E-state index contributed by atoms with van der Waals surface area (Å²) in [5.41, 5.74) is 0.853. The Morgan fingerprint density at radius 1 is 1.41 bits per heavy atom. The topological polar surface area (TPSA) is 41.1 Å². The van der Waals surface area contributed by atoms with E-state index >= 15 is 0 Å². The van der Waals surface area contributed by atoms with Gasteiger partial charge in [-0.2, -0.15) is 0 Å². The van der Waals surface area contributed by atoms with E-state index < -0.39 is 0 Å². The average molecular weight is 232 g/mol. The second-order valence-corrected chi connectivity index (χ2v) is 4.96. The zero-order valence-corrected chi connectivity index (χ0v) is 10.4. The van der Waals surface area contributed by atoms with Gasteiger partial charge in [0.05, 0.1) is 6.04 Å². The summed E-state index contributed by atoms with van der Waals surface area (Å²) in [7, 11) is 0. The molecule has 1 aliphatic carbocycles. The smallest absolute Gasteiger partial charge is 0.241 e. The van der Waals surface area contributed by atoms with Crippen molar-refractivity contribution in [3.63, 3.8) is 0 Å². The van der Waals surface area contributed by atoms with E-state index in [-0.39, 0.29) is 11.9 Å². The van der Waals surface area contributed by atoms with Crippen LogP contribution in [0.2, 0.25) is 0 Å². The van der Waals surface area contributed by atoms with Crippen molar-refractivity contribution in [1.29, 1.82) is 0 Å². The Bertz CT molecular complexity index is 377. The van der Waals surface area contributed by atoms with Gasteiger partial charge in [0, 0.05) is 5.69 Å². The number of para-hydroxylation sites is 1. The van der Waals surface area contributed by atoms with Gasteiger partial charge in [-0.1, -0.05) is 25.1 Å². The molecule has 0 radical (unpaired) electrons. The van der Waals surface area contributed by atoms with Crippen LogP contribution in [0.3, 0.4) is 0 Å². The fraction of sp³-hybridized carbons (Fsp3) is 0.500. The molecule has 92 valence electrons. The molecule has 0 heterocycles. The highest BCUT2D eigenvalue weighted by Gasteiger charge is 2.32. The third-order valence-corrected chi connectivity index (χ3v) is 3.40. The molecule has 3 unspecified atom stereocenters. The minimum atomic E-state index is -0.136. The highest BCUT2D eigenvalue weighted by molar-refractivity contribution is 5.94. The lowest BCUT2D eigenvalue weighted by molar-refractivity contribution is -0.117. The van der Waals surface area contributed by atoms with Crippen LogP contribution in [0, 0.1) is 11.8 Å². The Kier molecular flexibility index (Phi) is 3.79. The molecular formula is C14H20N2O. The summed E-state index contributed by atoms with van der Waals surface area (Å²) >= 11 is 0. The van der Waals surface area contributed by atoms with Gasteiger partial charge in [-0.3, -0.25) is 4.79 Å². The monoisotopic (exact) mass is 232 g/mol. The summed E-state index contributed by atoms with van der Waals surface area (Å²) in [4.78, 5) is 11.9. The zero-order valence-electron chi connectivity index (χ0n) is 10.4. The second-order valence-electron chi connectivity index (χ2n) is 4.96. The van der Waals surface area contributed by atoms with E-state index in [1.165, 1.54) is 6.42 Å². The first-order chi connectivity index (χ1) is 8.16. The normalized spacial score (nSPS) is 24.1. The Hall–Kier alpha value is -1.35. The van der Waals surface area contributed by atoms with Gasteiger partial charge >= 0.3 is 0 Å². The van der Waals surface area contributed by atoms with E-state index in [2.05, 4.69) is 17.6 Å². The Balaban J connectivity index is 1.75. The van der Waals surface area contributed by atoms with Gasteiger partial charge in [0.25, 0.3) is 0 Å². The van der Waals surface area contributed by atoms with Crippen molar-refractivity contribution in [3.8, 4) is 0 Å². The number of carbonyl (C=O) groups is 1. The summed E-state index contributed by atoms with van der Waals surface area (Å²) < 4.78 is 0. The highest BCUT2D eigenvalue weighted by atomic mass is 16.2. The third kappa shape index (κ3) is 3.56. The zero-order chi connectivity index (χ0) is 12.3. The molecule has 3 nitrogen and oxygen atoms in total. The SMILES string of the molecule is CC(NCC1CC1C)C(=O)Nc1ccccc1. The van der Waals surface area contributed by atoms with Crippen LogP contribution in [0.5, 0.6) is 0 Å². The number of amides is 1. The second kappa shape index (κ2) is 5.32. The lowest BCUT2D eigenvalue weighted by Crippen LogP contribution is -2.39. The minimum absolute atomic E-state index is 0.0319. The van der Waals surface area contributed by atoms with Crippen LogP contribution in [0.4, 0.5) is 5.69 Å². The van der Waals surface area contributed by atoms with E-state index in [4.69, 9.17) is 0 Å². The van der Waals surface area contributed by atoms with Crippen molar-refractivity contribution in [2.45, 2.75) is 26.3 Å². The Morgan fingerprint density at radius 2 is 2.06 bits per heavy atom. The van der Waals surface area contributed by atoms with Crippen LogP contribution in [-0.2, 0) is 4.79 Å². The molecule has 2 N–H and O–H groups in total. The molecule has 0 bridgehead atoms. The quantitative estimate of drug-likeness (QED) is 0.817. The summed E-state index contributed by atoms with van der Waals surface area (Å²) in [5, 5.41) is 6.18. The molecule has 0 saturated heterocycles. The van der Waals surface area contributed by atoms with Gasteiger partial charge in [-0.05, 0) is 43.9 Å². The molecule has 17 heavy (non-hydrogen) atoms. The number of nitrogens with one attached hydrogen (secondary N) is 2. The summed E-state index contributed by atoms with van der Waals surface area (Å²) in [6, 6.07) is 9.43. The van der Waals surface area contributed by atoms with E-state index in [9.17, 15) is 4.79 Å². The summed E-state index contributed by atoms with van der Waals surface area (Å²) in [6.45, 7) is 5.11. The summed E-state index contributed by atoms with van der Waals surface area (Å²) in [5.74, 6) is 1.62. The molecule has 1 aromatic carbocycles. The Morgan fingerprint density at radius 3 is 2.65 bits per heavy atom. The van der Waals surface area contributed by atoms with E-state index in [1.54, 1.807) is 0 Å².